The Morgan fingerprint density at radius 2 is 2.32 bits per heavy atom. The van der Waals surface area contributed by atoms with Crippen LogP contribution in [0.3, 0.4) is 0 Å². The van der Waals surface area contributed by atoms with E-state index in [2.05, 4.69) is 10.3 Å². The summed E-state index contributed by atoms with van der Waals surface area (Å²) < 4.78 is 0. The zero-order valence-electron chi connectivity index (χ0n) is 10.8. The van der Waals surface area contributed by atoms with Crippen LogP contribution in [0.5, 0.6) is 0 Å². The fourth-order valence-corrected chi connectivity index (χ4v) is 2.90. The third-order valence-electron chi connectivity index (χ3n) is 2.90. The lowest BCUT2D eigenvalue weighted by Gasteiger charge is -2.21. The summed E-state index contributed by atoms with van der Waals surface area (Å²) in [5.41, 5.74) is 0.565. The SMILES string of the molecule is CCC(C)(O)CNC(=O)c1csc(-c2ccsc2)n1. The minimum absolute atomic E-state index is 0.230. The first-order valence-electron chi connectivity index (χ1n) is 6.00. The van der Waals surface area contributed by atoms with Gasteiger partial charge in [0.25, 0.3) is 5.91 Å². The number of thiophene rings is 1. The van der Waals surface area contributed by atoms with Crippen molar-refractivity contribution < 1.29 is 9.90 Å². The predicted octanol–water partition coefficient (Wildman–Crippen LogP) is 2.76. The van der Waals surface area contributed by atoms with Gasteiger partial charge in [-0.25, -0.2) is 4.98 Å². The van der Waals surface area contributed by atoms with Crippen molar-refractivity contribution in [2.75, 3.05) is 6.54 Å². The molecule has 2 aromatic rings. The molecule has 0 aliphatic rings. The van der Waals surface area contributed by atoms with E-state index >= 15 is 0 Å². The summed E-state index contributed by atoms with van der Waals surface area (Å²) >= 11 is 3.05. The predicted molar refractivity (Wildman–Crippen MR) is 78.7 cm³/mol. The second-order valence-electron chi connectivity index (χ2n) is 4.58. The second-order valence-corrected chi connectivity index (χ2v) is 6.22. The Morgan fingerprint density at radius 3 is 2.95 bits per heavy atom. The van der Waals surface area contributed by atoms with E-state index in [4.69, 9.17) is 0 Å². The van der Waals surface area contributed by atoms with E-state index in [1.54, 1.807) is 23.6 Å². The Morgan fingerprint density at radius 1 is 1.53 bits per heavy atom. The number of rotatable bonds is 5. The molecule has 0 spiro atoms. The largest absolute Gasteiger partial charge is 0.388 e. The number of nitrogens with zero attached hydrogens (tertiary/aromatic N) is 1. The fourth-order valence-electron chi connectivity index (χ4n) is 1.38. The van der Waals surface area contributed by atoms with Crippen molar-refractivity contribution in [2.24, 2.45) is 0 Å². The monoisotopic (exact) mass is 296 g/mol. The number of thiazole rings is 1. The lowest BCUT2D eigenvalue weighted by molar-refractivity contribution is 0.0517. The number of aliphatic hydroxyl groups is 1. The lowest BCUT2D eigenvalue weighted by Crippen LogP contribution is -2.40. The number of carbonyl (C=O) groups excluding carboxylic acids is 1. The molecule has 0 aromatic carbocycles. The first-order valence-corrected chi connectivity index (χ1v) is 7.83. The molecule has 0 radical (unpaired) electrons. The number of nitrogens with one attached hydrogen (secondary N) is 1. The van der Waals surface area contributed by atoms with Gasteiger partial charge in [0.1, 0.15) is 10.7 Å². The van der Waals surface area contributed by atoms with Crippen LogP contribution in [0.25, 0.3) is 10.6 Å². The van der Waals surface area contributed by atoms with Crippen molar-refractivity contribution in [3.63, 3.8) is 0 Å². The molecule has 1 amide bonds. The minimum atomic E-state index is -0.873. The number of hydrogen-bond acceptors (Lipinski definition) is 5. The number of hydrogen-bond donors (Lipinski definition) is 2. The van der Waals surface area contributed by atoms with Crippen molar-refractivity contribution in [3.05, 3.63) is 27.9 Å². The van der Waals surface area contributed by atoms with E-state index in [9.17, 15) is 9.90 Å². The highest BCUT2D eigenvalue weighted by molar-refractivity contribution is 7.14. The molecule has 2 heterocycles. The van der Waals surface area contributed by atoms with Crippen LogP contribution < -0.4 is 5.32 Å². The third-order valence-corrected chi connectivity index (χ3v) is 4.47. The van der Waals surface area contributed by atoms with Crippen molar-refractivity contribution in [1.82, 2.24) is 10.3 Å². The first kappa shape index (κ1) is 14.2. The maximum atomic E-state index is 11.9. The lowest BCUT2D eigenvalue weighted by atomic mass is 10.0. The molecule has 0 bridgehead atoms. The van der Waals surface area contributed by atoms with Crippen molar-refractivity contribution in [2.45, 2.75) is 25.9 Å². The van der Waals surface area contributed by atoms with Crippen LogP contribution in [0.2, 0.25) is 0 Å². The van der Waals surface area contributed by atoms with Gasteiger partial charge in [0, 0.05) is 22.9 Å². The maximum absolute atomic E-state index is 11.9. The van der Waals surface area contributed by atoms with Gasteiger partial charge in [0.15, 0.2) is 0 Å². The Balaban J connectivity index is 2.01. The summed E-state index contributed by atoms with van der Waals surface area (Å²) in [4.78, 5) is 16.2. The molecule has 1 atom stereocenters. The molecule has 6 heteroatoms. The summed E-state index contributed by atoms with van der Waals surface area (Å²) in [6.07, 6.45) is 0.588. The van der Waals surface area contributed by atoms with Crippen molar-refractivity contribution in [1.29, 1.82) is 0 Å². The van der Waals surface area contributed by atoms with Gasteiger partial charge in [-0.05, 0) is 24.8 Å². The minimum Gasteiger partial charge on any atom is -0.388 e. The topological polar surface area (TPSA) is 62.2 Å². The highest BCUT2D eigenvalue weighted by Crippen LogP contribution is 2.25. The Hall–Kier alpha value is -1.24. The smallest absolute Gasteiger partial charge is 0.270 e. The average molecular weight is 296 g/mol. The Kier molecular flexibility index (Phi) is 4.34. The zero-order valence-corrected chi connectivity index (χ0v) is 12.5. The second kappa shape index (κ2) is 5.81. The average Bonchev–Trinajstić information content (AvgIpc) is 3.05. The molecule has 0 fully saturated rings. The molecule has 2 N–H and O–H groups in total. The molecule has 2 aromatic heterocycles. The van der Waals surface area contributed by atoms with Crippen molar-refractivity contribution in [3.8, 4) is 10.6 Å². The van der Waals surface area contributed by atoms with Crippen LogP contribution >= 0.6 is 22.7 Å². The zero-order chi connectivity index (χ0) is 13.9. The highest BCUT2D eigenvalue weighted by atomic mass is 32.1. The van der Waals surface area contributed by atoms with Crippen LogP contribution in [-0.4, -0.2) is 28.1 Å². The van der Waals surface area contributed by atoms with E-state index in [1.807, 2.05) is 23.8 Å². The maximum Gasteiger partial charge on any atom is 0.270 e. The quantitative estimate of drug-likeness (QED) is 0.892. The van der Waals surface area contributed by atoms with Gasteiger partial charge < -0.3 is 10.4 Å². The summed E-state index contributed by atoms with van der Waals surface area (Å²) in [6, 6.07) is 1.98. The van der Waals surface area contributed by atoms with Crippen LogP contribution in [0, 0.1) is 0 Å². The van der Waals surface area contributed by atoms with Gasteiger partial charge >= 0.3 is 0 Å². The summed E-state index contributed by atoms with van der Waals surface area (Å²) in [5.74, 6) is -0.244. The van der Waals surface area contributed by atoms with Crippen LogP contribution in [0.15, 0.2) is 22.2 Å². The van der Waals surface area contributed by atoms with E-state index in [0.717, 1.165) is 10.6 Å². The third kappa shape index (κ3) is 3.62. The summed E-state index contributed by atoms with van der Waals surface area (Å²) in [7, 11) is 0. The van der Waals surface area contributed by atoms with Crippen LogP contribution in [0.4, 0.5) is 0 Å². The first-order chi connectivity index (χ1) is 9.02. The summed E-state index contributed by atoms with van der Waals surface area (Å²) in [5, 5.41) is 19.1. The highest BCUT2D eigenvalue weighted by Gasteiger charge is 2.20. The number of carbonyl (C=O) groups is 1. The standard InChI is InChI=1S/C13H16N2O2S2/c1-3-13(2,17)8-14-11(16)10-7-19-12(15-10)9-4-5-18-6-9/h4-7,17H,3,8H2,1-2H3,(H,14,16). The van der Waals surface area contributed by atoms with Crippen molar-refractivity contribution >= 4 is 28.6 Å². The van der Waals surface area contributed by atoms with E-state index in [-0.39, 0.29) is 12.5 Å². The molecule has 0 aliphatic heterocycles. The van der Waals surface area contributed by atoms with E-state index < -0.39 is 5.60 Å². The molecule has 0 aliphatic carbocycles. The molecule has 102 valence electrons. The molecule has 4 nitrogen and oxygen atoms in total. The van der Waals surface area contributed by atoms with Gasteiger partial charge in [-0.15, -0.1) is 11.3 Å². The van der Waals surface area contributed by atoms with Crippen LogP contribution in [0.1, 0.15) is 30.8 Å². The van der Waals surface area contributed by atoms with E-state index in [0.29, 0.717) is 12.1 Å². The summed E-state index contributed by atoms with van der Waals surface area (Å²) in [6.45, 7) is 3.81. The number of amides is 1. The molecular weight excluding hydrogens is 280 g/mol. The fraction of sp³-hybridized carbons (Fsp3) is 0.385. The van der Waals surface area contributed by atoms with Gasteiger partial charge in [-0.3, -0.25) is 4.79 Å². The van der Waals surface area contributed by atoms with Gasteiger partial charge in [-0.1, -0.05) is 6.92 Å². The molecule has 2 rings (SSSR count). The van der Waals surface area contributed by atoms with Gasteiger partial charge in [0.2, 0.25) is 0 Å². The van der Waals surface area contributed by atoms with Gasteiger partial charge in [-0.2, -0.15) is 11.3 Å². The van der Waals surface area contributed by atoms with Crippen LogP contribution in [-0.2, 0) is 0 Å². The van der Waals surface area contributed by atoms with E-state index in [1.165, 1.54) is 11.3 Å². The molecule has 0 saturated heterocycles. The Bertz CT molecular complexity index is 547. The van der Waals surface area contributed by atoms with Gasteiger partial charge in [0.05, 0.1) is 5.60 Å². The number of aromatic nitrogens is 1. The normalized spacial score (nSPS) is 14.1. The molecule has 1 unspecified atom stereocenters. The molecule has 19 heavy (non-hydrogen) atoms. The molecule has 0 saturated carbocycles. The molecular formula is C13H16N2O2S2. The Labute approximate surface area is 120 Å².